The summed E-state index contributed by atoms with van der Waals surface area (Å²) in [5.41, 5.74) is 2.73. The van der Waals surface area contributed by atoms with Crippen LogP contribution in [0.25, 0.3) is 10.9 Å². The Morgan fingerprint density at radius 2 is 1.97 bits per heavy atom. The number of methoxy groups -OCH3 is 1. The topological polar surface area (TPSA) is 89.1 Å². The number of fused-ring (bicyclic) bond motifs is 4. The molecule has 6 rings (SSSR count). The molecule has 4 heterocycles. The van der Waals surface area contributed by atoms with E-state index in [1.54, 1.807) is 18.1 Å². The van der Waals surface area contributed by atoms with Gasteiger partial charge >= 0.3 is 6.03 Å². The highest BCUT2D eigenvalue weighted by Crippen LogP contribution is 2.50. The molecule has 0 radical (unpaired) electrons. The molecule has 37 heavy (non-hydrogen) atoms. The Hall–Kier alpha value is -3.26. The molecule has 0 bridgehead atoms. The highest BCUT2D eigenvalue weighted by molar-refractivity contribution is 6.08. The van der Waals surface area contributed by atoms with Gasteiger partial charge in [0.1, 0.15) is 17.3 Å². The largest absolute Gasteiger partial charge is 0.512 e. The van der Waals surface area contributed by atoms with Crippen LogP contribution < -0.4 is 4.74 Å². The van der Waals surface area contributed by atoms with Crippen molar-refractivity contribution >= 4 is 22.8 Å². The second-order valence-electron chi connectivity index (χ2n) is 11.3. The molecule has 1 aromatic heterocycles. The summed E-state index contributed by atoms with van der Waals surface area (Å²) in [4.78, 5) is 37.2. The minimum atomic E-state index is -1.01. The van der Waals surface area contributed by atoms with Crippen LogP contribution in [0.1, 0.15) is 56.8 Å². The van der Waals surface area contributed by atoms with Crippen LogP contribution in [0.5, 0.6) is 5.75 Å². The SMILES string of the molecule is COc1ccc2[nH]c3c(c2c1)C[C@@]1(C)C(=O)N(CCN2CCC(C)CC2)C(=O)N1[C@@H]3C1=CCCC(O)=C1. The van der Waals surface area contributed by atoms with Crippen LogP contribution >= 0.6 is 0 Å². The van der Waals surface area contributed by atoms with E-state index in [1.807, 2.05) is 25.1 Å². The number of ether oxygens (including phenoxy) is 1. The van der Waals surface area contributed by atoms with Crippen LogP contribution in [0.2, 0.25) is 0 Å². The quantitative estimate of drug-likeness (QED) is 0.577. The van der Waals surface area contributed by atoms with Crippen molar-refractivity contribution in [2.45, 2.75) is 57.5 Å². The Morgan fingerprint density at radius 1 is 1.19 bits per heavy atom. The van der Waals surface area contributed by atoms with Gasteiger partial charge in [-0.05, 0) is 80.6 Å². The van der Waals surface area contributed by atoms with Gasteiger partial charge in [0, 0.05) is 42.5 Å². The van der Waals surface area contributed by atoms with E-state index in [0.29, 0.717) is 38.1 Å². The van der Waals surface area contributed by atoms with Crippen molar-refractivity contribution in [2.24, 2.45) is 5.92 Å². The maximum Gasteiger partial charge on any atom is 0.328 e. The minimum Gasteiger partial charge on any atom is -0.512 e. The second-order valence-corrected chi connectivity index (χ2v) is 11.3. The van der Waals surface area contributed by atoms with Gasteiger partial charge in [-0.1, -0.05) is 13.0 Å². The van der Waals surface area contributed by atoms with Crippen LogP contribution in [0.4, 0.5) is 4.79 Å². The van der Waals surface area contributed by atoms with Crippen LogP contribution in [-0.4, -0.2) is 75.6 Å². The van der Waals surface area contributed by atoms with Crippen molar-refractivity contribution in [3.63, 3.8) is 0 Å². The van der Waals surface area contributed by atoms with Crippen molar-refractivity contribution in [1.29, 1.82) is 0 Å². The first-order valence-electron chi connectivity index (χ1n) is 13.5. The number of carbonyl (C=O) groups is 2. The fourth-order valence-corrected chi connectivity index (χ4v) is 6.59. The maximum absolute atomic E-state index is 14.0. The predicted octanol–water partition coefficient (Wildman–Crippen LogP) is 4.69. The van der Waals surface area contributed by atoms with Crippen molar-refractivity contribution in [1.82, 2.24) is 19.7 Å². The number of aliphatic hydroxyl groups excluding tert-OH is 1. The highest BCUT2D eigenvalue weighted by Gasteiger charge is 2.60. The summed E-state index contributed by atoms with van der Waals surface area (Å²) in [6, 6.07) is 5.16. The zero-order valence-electron chi connectivity index (χ0n) is 21.9. The van der Waals surface area contributed by atoms with Gasteiger partial charge in [0.25, 0.3) is 5.91 Å². The first-order valence-corrected chi connectivity index (χ1v) is 13.5. The molecule has 2 N–H and O–H groups in total. The van der Waals surface area contributed by atoms with Crippen molar-refractivity contribution in [2.75, 3.05) is 33.3 Å². The number of carbonyl (C=O) groups excluding carboxylic acids is 2. The minimum absolute atomic E-state index is 0.139. The van der Waals surface area contributed by atoms with Crippen molar-refractivity contribution < 1.29 is 19.4 Å². The Labute approximate surface area is 217 Å². The van der Waals surface area contributed by atoms with E-state index in [-0.39, 0.29) is 11.9 Å². The number of aliphatic hydroxyl groups is 1. The molecule has 8 heteroatoms. The van der Waals surface area contributed by atoms with Gasteiger partial charge < -0.3 is 19.7 Å². The lowest BCUT2D eigenvalue weighted by Crippen LogP contribution is -2.53. The lowest BCUT2D eigenvalue weighted by Gasteiger charge is -2.43. The Morgan fingerprint density at radius 3 is 2.70 bits per heavy atom. The number of hydrogen-bond acceptors (Lipinski definition) is 5. The molecular formula is C29H36N4O4. The number of urea groups is 1. The van der Waals surface area contributed by atoms with E-state index >= 15 is 0 Å². The molecule has 196 valence electrons. The highest BCUT2D eigenvalue weighted by atomic mass is 16.5. The van der Waals surface area contributed by atoms with Crippen LogP contribution in [0, 0.1) is 5.92 Å². The van der Waals surface area contributed by atoms with E-state index < -0.39 is 11.6 Å². The van der Waals surface area contributed by atoms with Crippen molar-refractivity contribution in [3.05, 3.63) is 52.9 Å². The third kappa shape index (κ3) is 3.84. The third-order valence-electron chi connectivity index (χ3n) is 8.82. The number of aromatic nitrogens is 1. The Balaban J connectivity index is 1.40. The average Bonchev–Trinajstić information content (AvgIpc) is 3.33. The summed E-state index contributed by atoms with van der Waals surface area (Å²) < 4.78 is 5.49. The van der Waals surface area contributed by atoms with Crippen LogP contribution in [0.3, 0.4) is 0 Å². The lowest BCUT2D eigenvalue weighted by molar-refractivity contribution is -0.133. The van der Waals surface area contributed by atoms with Gasteiger partial charge in [-0.25, -0.2) is 4.79 Å². The van der Waals surface area contributed by atoms with Gasteiger partial charge in [0.05, 0.1) is 12.9 Å². The Bertz CT molecular complexity index is 1320. The molecule has 0 saturated carbocycles. The van der Waals surface area contributed by atoms with Crippen LogP contribution in [-0.2, 0) is 11.2 Å². The van der Waals surface area contributed by atoms with E-state index in [4.69, 9.17) is 4.74 Å². The van der Waals surface area contributed by atoms with Gasteiger partial charge in [0.15, 0.2) is 0 Å². The number of hydrogen-bond donors (Lipinski definition) is 2. The second kappa shape index (κ2) is 8.94. The number of piperidine rings is 1. The number of nitrogens with zero attached hydrogens (tertiary/aromatic N) is 3. The van der Waals surface area contributed by atoms with Gasteiger partial charge in [-0.3, -0.25) is 14.6 Å². The van der Waals surface area contributed by atoms with Crippen LogP contribution in [0.15, 0.2) is 41.7 Å². The molecule has 3 aliphatic heterocycles. The van der Waals surface area contributed by atoms with Gasteiger partial charge in [0.2, 0.25) is 0 Å². The van der Waals surface area contributed by atoms with E-state index in [0.717, 1.165) is 65.3 Å². The fraction of sp³-hybridized carbons (Fsp3) is 0.517. The predicted molar refractivity (Wildman–Crippen MR) is 142 cm³/mol. The van der Waals surface area contributed by atoms with Gasteiger partial charge in [-0.15, -0.1) is 0 Å². The normalized spacial score (nSPS) is 26.8. The van der Waals surface area contributed by atoms with E-state index in [9.17, 15) is 14.7 Å². The molecule has 0 spiro atoms. The number of H-pyrrole nitrogens is 1. The first kappa shape index (κ1) is 24.1. The Kier molecular flexibility index (Phi) is 5.82. The number of benzene rings is 1. The summed E-state index contributed by atoms with van der Waals surface area (Å²) in [6.45, 7) is 7.30. The number of likely N-dealkylation sites (tertiary alicyclic amines) is 1. The van der Waals surface area contributed by atoms with Crippen molar-refractivity contribution in [3.8, 4) is 5.75 Å². The average molecular weight is 505 g/mol. The summed E-state index contributed by atoms with van der Waals surface area (Å²) in [5, 5.41) is 11.4. The zero-order chi connectivity index (χ0) is 25.9. The molecule has 4 aliphatic rings. The summed E-state index contributed by atoms with van der Waals surface area (Å²) in [5.74, 6) is 1.65. The fourth-order valence-electron chi connectivity index (χ4n) is 6.59. The number of allylic oxidation sites excluding steroid dienone is 2. The molecule has 0 unspecified atom stereocenters. The molecule has 3 amide bonds. The number of nitrogens with one attached hydrogen (secondary N) is 1. The maximum atomic E-state index is 14.0. The first-order chi connectivity index (χ1) is 17.8. The number of amides is 3. The molecule has 1 aliphatic carbocycles. The van der Waals surface area contributed by atoms with E-state index in [2.05, 4.69) is 22.9 Å². The molecule has 2 atom stereocenters. The molecular weight excluding hydrogens is 468 g/mol. The lowest BCUT2D eigenvalue weighted by atomic mass is 9.80. The molecule has 8 nitrogen and oxygen atoms in total. The number of aromatic amines is 1. The molecule has 2 fully saturated rings. The van der Waals surface area contributed by atoms with Gasteiger partial charge in [-0.2, -0.15) is 0 Å². The zero-order valence-corrected chi connectivity index (χ0v) is 21.9. The monoisotopic (exact) mass is 504 g/mol. The smallest absolute Gasteiger partial charge is 0.328 e. The summed E-state index contributed by atoms with van der Waals surface area (Å²) in [7, 11) is 1.65. The summed E-state index contributed by atoms with van der Waals surface area (Å²) >= 11 is 0. The molecule has 1 aromatic carbocycles. The third-order valence-corrected chi connectivity index (χ3v) is 8.82. The molecule has 2 aromatic rings. The number of imide groups is 1. The van der Waals surface area contributed by atoms with E-state index in [1.165, 1.54) is 4.90 Å². The molecule has 2 saturated heterocycles. The number of rotatable bonds is 5. The summed E-state index contributed by atoms with van der Waals surface area (Å²) in [6.07, 6.45) is 7.87. The standard InChI is InChI=1S/C29H36N4O4/c1-18-9-11-31(12-10-18)13-14-32-27(35)29(2)17-23-22-16-21(37-3)7-8-24(22)30-25(23)26(33(29)28(32)36)19-5-4-6-20(34)15-19/h5,7-8,15-16,18,26,30,34H,4,6,9-14,17H2,1-3H3/t26-,29+/m1/s1.